The molecule has 3 heteroatoms. The molecule has 2 aromatic rings. The van der Waals surface area contributed by atoms with E-state index in [0.29, 0.717) is 4.44 Å². The molecule has 66 valence electrons. The third-order valence-electron chi connectivity index (χ3n) is 1.89. The fraction of sp³-hybridized carbons (Fsp3) is 0.100. The molecule has 2 rings (SSSR count). The molecular weight excluding hydrogens is 231 g/mol. The van der Waals surface area contributed by atoms with Crippen molar-refractivity contribution in [1.82, 2.24) is 0 Å². The molecule has 0 amide bonds. The minimum atomic E-state index is -0.783. The van der Waals surface area contributed by atoms with Crippen molar-refractivity contribution < 1.29 is 9.90 Å². The first-order valence-electron chi connectivity index (χ1n) is 3.90. The third kappa shape index (κ3) is 1.53. The van der Waals surface area contributed by atoms with Gasteiger partial charge in [0.05, 0.1) is 0 Å². The fourth-order valence-electron chi connectivity index (χ4n) is 1.24. The van der Waals surface area contributed by atoms with E-state index < -0.39 is 5.97 Å². The van der Waals surface area contributed by atoms with Gasteiger partial charge in [-0.25, -0.2) is 0 Å². The standard InChI is InChI=1S/C10H8O2Se/c1-6-2-3-7-5-9(10(11)12)13-8(7)4-6/h2-5H,1H3,(H,11,12). The van der Waals surface area contributed by atoms with Crippen molar-refractivity contribution in [2.24, 2.45) is 0 Å². The monoisotopic (exact) mass is 240 g/mol. The van der Waals surface area contributed by atoms with Crippen molar-refractivity contribution >= 4 is 30.1 Å². The molecule has 1 N–H and O–H groups in total. The number of fused-ring (bicyclic) bond motifs is 1. The van der Waals surface area contributed by atoms with Crippen LogP contribution in [-0.4, -0.2) is 25.6 Å². The molecule has 0 saturated carbocycles. The molecule has 2 nitrogen and oxygen atoms in total. The zero-order chi connectivity index (χ0) is 9.42. The first-order valence-corrected chi connectivity index (χ1v) is 5.61. The zero-order valence-corrected chi connectivity index (χ0v) is 8.79. The van der Waals surface area contributed by atoms with Gasteiger partial charge in [-0.3, -0.25) is 0 Å². The van der Waals surface area contributed by atoms with Crippen LogP contribution < -0.4 is 0 Å². The molecule has 1 heterocycles. The van der Waals surface area contributed by atoms with E-state index >= 15 is 0 Å². The van der Waals surface area contributed by atoms with E-state index in [4.69, 9.17) is 5.11 Å². The van der Waals surface area contributed by atoms with Crippen molar-refractivity contribution in [3.63, 3.8) is 0 Å². The van der Waals surface area contributed by atoms with Gasteiger partial charge >= 0.3 is 81.2 Å². The second-order valence-corrected chi connectivity index (χ2v) is 5.23. The average Bonchev–Trinajstić information content (AvgIpc) is 2.46. The summed E-state index contributed by atoms with van der Waals surface area (Å²) in [6.07, 6.45) is 0. The van der Waals surface area contributed by atoms with Crippen LogP contribution in [0.5, 0.6) is 0 Å². The number of carboxylic acids is 1. The van der Waals surface area contributed by atoms with Crippen molar-refractivity contribution in [1.29, 1.82) is 0 Å². The quantitative estimate of drug-likeness (QED) is 0.772. The topological polar surface area (TPSA) is 37.3 Å². The zero-order valence-electron chi connectivity index (χ0n) is 7.07. The Kier molecular flexibility index (Phi) is 1.98. The van der Waals surface area contributed by atoms with E-state index in [9.17, 15) is 4.79 Å². The Morgan fingerprint density at radius 1 is 1.38 bits per heavy atom. The second-order valence-electron chi connectivity index (χ2n) is 2.96. The van der Waals surface area contributed by atoms with E-state index in [1.165, 1.54) is 9.82 Å². The average molecular weight is 239 g/mol. The van der Waals surface area contributed by atoms with Gasteiger partial charge in [0.2, 0.25) is 0 Å². The van der Waals surface area contributed by atoms with Gasteiger partial charge in [-0.2, -0.15) is 0 Å². The number of carbonyl (C=O) groups is 1. The molecule has 0 fully saturated rings. The van der Waals surface area contributed by atoms with Gasteiger partial charge in [0.25, 0.3) is 0 Å². The Morgan fingerprint density at radius 2 is 2.15 bits per heavy atom. The van der Waals surface area contributed by atoms with E-state index in [1.54, 1.807) is 6.07 Å². The molecule has 0 atom stereocenters. The van der Waals surface area contributed by atoms with Crippen LogP contribution in [0.15, 0.2) is 24.3 Å². The van der Waals surface area contributed by atoms with Gasteiger partial charge in [-0.15, -0.1) is 0 Å². The first-order chi connectivity index (χ1) is 6.16. The molecular formula is C10H8O2Se. The number of benzene rings is 1. The van der Waals surface area contributed by atoms with Gasteiger partial charge in [0.1, 0.15) is 0 Å². The van der Waals surface area contributed by atoms with Crippen LogP contribution in [0.3, 0.4) is 0 Å². The molecule has 0 radical (unpaired) electrons. The van der Waals surface area contributed by atoms with Gasteiger partial charge < -0.3 is 0 Å². The van der Waals surface area contributed by atoms with E-state index in [1.807, 2.05) is 19.1 Å². The number of hydrogen-bond donors (Lipinski definition) is 1. The van der Waals surface area contributed by atoms with Crippen molar-refractivity contribution in [3.8, 4) is 0 Å². The van der Waals surface area contributed by atoms with Crippen LogP contribution in [0.2, 0.25) is 0 Å². The van der Waals surface area contributed by atoms with Gasteiger partial charge in [0, 0.05) is 0 Å². The molecule has 0 unspecified atom stereocenters. The summed E-state index contributed by atoms with van der Waals surface area (Å²) in [5.74, 6) is -0.783. The Hall–Kier alpha value is -1.05. The van der Waals surface area contributed by atoms with Crippen LogP contribution in [0.1, 0.15) is 14.8 Å². The maximum absolute atomic E-state index is 10.7. The molecule has 1 aromatic heterocycles. The summed E-state index contributed by atoms with van der Waals surface area (Å²) in [5.41, 5.74) is 1.20. The summed E-state index contributed by atoms with van der Waals surface area (Å²) < 4.78 is 1.73. The minimum absolute atomic E-state index is 0.00676. The van der Waals surface area contributed by atoms with Gasteiger partial charge in [-0.05, 0) is 0 Å². The Labute approximate surface area is 81.6 Å². The summed E-state index contributed by atoms with van der Waals surface area (Å²) in [4.78, 5) is 10.7. The summed E-state index contributed by atoms with van der Waals surface area (Å²) in [6, 6.07) is 7.84. The normalized spacial score (nSPS) is 10.5. The Balaban J connectivity index is 2.68. The summed E-state index contributed by atoms with van der Waals surface area (Å²) >= 11 is -0.00676. The fourth-order valence-corrected chi connectivity index (χ4v) is 3.34. The van der Waals surface area contributed by atoms with E-state index in [-0.39, 0.29) is 14.5 Å². The summed E-state index contributed by atoms with van der Waals surface area (Å²) in [6.45, 7) is 2.02. The van der Waals surface area contributed by atoms with Crippen molar-refractivity contribution in [3.05, 3.63) is 34.3 Å². The number of hydrogen-bond acceptors (Lipinski definition) is 1. The Morgan fingerprint density at radius 3 is 2.85 bits per heavy atom. The maximum atomic E-state index is 10.7. The van der Waals surface area contributed by atoms with Crippen molar-refractivity contribution in [2.75, 3.05) is 0 Å². The first kappa shape index (κ1) is 8.54. The molecule has 1 aromatic carbocycles. The molecule has 0 saturated heterocycles. The molecule has 0 aliphatic heterocycles. The van der Waals surface area contributed by atoms with Gasteiger partial charge in [0.15, 0.2) is 0 Å². The van der Waals surface area contributed by atoms with E-state index in [2.05, 4.69) is 6.07 Å². The number of carboxylic acid groups (broad SMARTS) is 1. The number of aryl methyl sites for hydroxylation is 1. The van der Waals surface area contributed by atoms with Crippen LogP contribution in [0.4, 0.5) is 0 Å². The molecule has 0 bridgehead atoms. The summed E-state index contributed by atoms with van der Waals surface area (Å²) in [7, 11) is 0. The Bertz CT molecular complexity index is 471. The predicted molar refractivity (Wildman–Crippen MR) is 52.6 cm³/mol. The van der Waals surface area contributed by atoms with Crippen LogP contribution in [0.25, 0.3) is 9.65 Å². The summed E-state index contributed by atoms with van der Waals surface area (Å²) in [5, 5.41) is 9.87. The van der Waals surface area contributed by atoms with Crippen LogP contribution >= 0.6 is 0 Å². The van der Waals surface area contributed by atoms with Crippen LogP contribution in [-0.2, 0) is 0 Å². The molecule has 13 heavy (non-hydrogen) atoms. The van der Waals surface area contributed by atoms with Gasteiger partial charge in [-0.1, -0.05) is 0 Å². The van der Waals surface area contributed by atoms with Crippen molar-refractivity contribution in [2.45, 2.75) is 6.92 Å². The predicted octanol–water partition coefficient (Wildman–Crippen LogP) is 1.90. The SMILES string of the molecule is Cc1ccc2cc(C(=O)O)[se]c2c1. The number of aromatic carboxylic acids is 1. The van der Waals surface area contributed by atoms with E-state index in [0.717, 1.165) is 5.39 Å². The number of rotatable bonds is 1. The third-order valence-corrected chi connectivity index (χ3v) is 4.16. The molecule has 0 spiro atoms. The second kappa shape index (κ2) is 3.02. The van der Waals surface area contributed by atoms with Crippen LogP contribution in [0, 0.1) is 6.92 Å². The molecule has 0 aliphatic carbocycles. The molecule has 0 aliphatic rings.